The van der Waals surface area contributed by atoms with Crippen molar-refractivity contribution in [1.82, 2.24) is 14.8 Å². The quantitative estimate of drug-likeness (QED) is 0.930. The van der Waals surface area contributed by atoms with Crippen LogP contribution in [0.2, 0.25) is 4.34 Å². The van der Waals surface area contributed by atoms with Gasteiger partial charge in [0, 0.05) is 17.3 Å². The lowest BCUT2D eigenvalue weighted by molar-refractivity contribution is 0.177. The van der Waals surface area contributed by atoms with Crippen LogP contribution in [0.15, 0.2) is 18.5 Å². The van der Waals surface area contributed by atoms with Gasteiger partial charge in [-0.15, -0.1) is 11.3 Å². The molecule has 0 aliphatic heterocycles. The number of thiophene rings is 1. The van der Waals surface area contributed by atoms with Gasteiger partial charge < -0.3 is 5.11 Å². The predicted octanol–water partition coefficient (Wildman–Crippen LogP) is 2.85. The topological polar surface area (TPSA) is 50.9 Å². The molecule has 2 aromatic rings. The molecule has 6 heteroatoms. The summed E-state index contributed by atoms with van der Waals surface area (Å²) in [7, 11) is 0. The molecule has 0 bridgehead atoms. The Hall–Kier alpha value is -0.910. The van der Waals surface area contributed by atoms with E-state index < -0.39 is 6.10 Å². The molecule has 0 saturated heterocycles. The Bertz CT molecular complexity index is 494. The first-order valence-corrected chi connectivity index (χ1v) is 6.59. The number of hydrogen-bond acceptors (Lipinski definition) is 4. The molecule has 1 atom stereocenters. The highest BCUT2D eigenvalue weighted by molar-refractivity contribution is 7.16. The molecule has 1 unspecified atom stereocenters. The van der Waals surface area contributed by atoms with Crippen molar-refractivity contribution in [3.05, 3.63) is 33.5 Å². The highest BCUT2D eigenvalue weighted by Gasteiger charge is 2.16. The van der Waals surface area contributed by atoms with E-state index in [0.717, 1.165) is 10.7 Å². The van der Waals surface area contributed by atoms with Crippen LogP contribution in [0.4, 0.5) is 0 Å². The van der Waals surface area contributed by atoms with Gasteiger partial charge in [-0.3, -0.25) is 0 Å². The Labute approximate surface area is 109 Å². The number of halogens is 1. The number of aliphatic hydroxyl groups excluding tert-OH is 1. The van der Waals surface area contributed by atoms with E-state index in [1.54, 1.807) is 6.07 Å². The van der Waals surface area contributed by atoms with Gasteiger partial charge >= 0.3 is 0 Å². The number of rotatable bonds is 4. The van der Waals surface area contributed by atoms with E-state index in [1.165, 1.54) is 17.7 Å². The Balaban J connectivity index is 2.13. The van der Waals surface area contributed by atoms with Crippen LogP contribution in [0.3, 0.4) is 0 Å². The highest BCUT2D eigenvalue weighted by Crippen LogP contribution is 2.28. The lowest BCUT2D eigenvalue weighted by Gasteiger charge is -2.12. The Morgan fingerprint density at radius 2 is 2.24 bits per heavy atom. The molecule has 92 valence electrons. The summed E-state index contributed by atoms with van der Waals surface area (Å²) in [5, 5.41) is 14.2. The fourth-order valence-corrected chi connectivity index (χ4v) is 2.68. The van der Waals surface area contributed by atoms with Crippen LogP contribution < -0.4 is 0 Å². The monoisotopic (exact) mass is 271 g/mol. The summed E-state index contributed by atoms with van der Waals surface area (Å²) in [4.78, 5) is 5.03. The lowest BCUT2D eigenvalue weighted by Crippen LogP contribution is -2.11. The van der Waals surface area contributed by atoms with E-state index in [4.69, 9.17) is 11.6 Å². The molecule has 2 rings (SSSR count). The smallest absolute Gasteiger partial charge is 0.138 e. The van der Waals surface area contributed by atoms with Crippen LogP contribution in [0.5, 0.6) is 0 Å². The minimum atomic E-state index is -0.575. The van der Waals surface area contributed by atoms with Gasteiger partial charge in [-0.25, -0.2) is 9.67 Å². The summed E-state index contributed by atoms with van der Waals surface area (Å²) in [5.74, 6) is 0.789. The maximum absolute atomic E-state index is 10.1. The van der Waals surface area contributed by atoms with Crippen molar-refractivity contribution in [3.8, 4) is 0 Å². The molecular formula is C11H14ClN3OS. The summed E-state index contributed by atoms with van der Waals surface area (Å²) < 4.78 is 2.50. The van der Waals surface area contributed by atoms with Crippen molar-refractivity contribution >= 4 is 22.9 Å². The largest absolute Gasteiger partial charge is 0.387 e. The van der Waals surface area contributed by atoms with Crippen LogP contribution in [-0.4, -0.2) is 19.9 Å². The molecule has 0 amide bonds. The second-order valence-corrected chi connectivity index (χ2v) is 5.82. The summed E-state index contributed by atoms with van der Waals surface area (Å²) >= 11 is 7.23. The summed E-state index contributed by atoms with van der Waals surface area (Å²) in [6, 6.07) is 3.87. The fourth-order valence-electron chi connectivity index (χ4n) is 1.63. The van der Waals surface area contributed by atoms with E-state index in [1.807, 2.05) is 24.6 Å². The normalized spacial score (nSPS) is 13.2. The van der Waals surface area contributed by atoms with Crippen molar-refractivity contribution < 1.29 is 5.11 Å². The Morgan fingerprint density at radius 3 is 2.82 bits per heavy atom. The second kappa shape index (κ2) is 5.16. The van der Waals surface area contributed by atoms with Gasteiger partial charge in [0.25, 0.3) is 0 Å². The van der Waals surface area contributed by atoms with Crippen LogP contribution in [0.25, 0.3) is 0 Å². The van der Waals surface area contributed by atoms with Gasteiger partial charge in [-0.1, -0.05) is 11.6 Å². The van der Waals surface area contributed by atoms with Crippen LogP contribution >= 0.6 is 22.9 Å². The number of hydrogen-bond donors (Lipinski definition) is 1. The molecule has 0 fully saturated rings. The average Bonchev–Trinajstić information content (AvgIpc) is 2.86. The summed E-state index contributed by atoms with van der Waals surface area (Å²) in [6.07, 6.45) is 1.40. The van der Waals surface area contributed by atoms with E-state index in [-0.39, 0.29) is 6.04 Å². The molecule has 0 radical (unpaired) electrons. The minimum Gasteiger partial charge on any atom is -0.387 e. The van der Waals surface area contributed by atoms with Crippen molar-refractivity contribution in [1.29, 1.82) is 0 Å². The minimum absolute atomic E-state index is 0.242. The molecule has 2 aromatic heterocycles. The molecule has 17 heavy (non-hydrogen) atoms. The van der Waals surface area contributed by atoms with Gasteiger partial charge in [-0.2, -0.15) is 5.10 Å². The standard InChI is InChI=1S/C11H14ClN3OS/c1-7(2)15-11(13-6-14-15)5-8(16)9-3-4-10(12)17-9/h3-4,6-8,16H,5H2,1-2H3. The van der Waals surface area contributed by atoms with Crippen molar-refractivity contribution in [3.63, 3.8) is 0 Å². The van der Waals surface area contributed by atoms with Gasteiger partial charge in [0.15, 0.2) is 0 Å². The number of nitrogens with zero attached hydrogens (tertiary/aromatic N) is 3. The SMILES string of the molecule is CC(C)n1ncnc1CC(O)c1ccc(Cl)s1. The third kappa shape index (κ3) is 2.86. The average molecular weight is 272 g/mol. The number of aromatic nitrogens is 3. The first-order valence-electron chi connectivity index (χ1n) is 5.39. The van der Waals surface area contributed by atoms with Crippen LogP contribution in [-0.2, 0) is 6.42 Å². The zero-order valence-corrected chi connectivity index (χ0v) is 11.2. The van der Waals surface area contributed by atoms with E-state index in [0.29, 0.717) is 10.8 Å². The van der Waals surface area contributed by atoms with E-state index in [9.17, 15) is 5.11 Å². The molecule has 2 heterocycles. The number of aliphatic hydroxyl groups is 1. The first-order chi connectivity index (χ1) is 8.08. The van der Waals surface area contributed by atoms with Crippen molar-refractivity contribution in [2.45, 2.75) is 32.4 Å². The lowest BCUT2D eigenvalue weighted by atomic mass is 10.2. The molecule has 0 aliphatic carbocycles. The summed E-state index contributed by atoms with van der Waals surface area (Å²) in [6.45, 7) is 4.07. The molecular weight excluding hydrogens is 258 g/mol. The van der Waals surface area contributed by atoms with Gasteiger partial charge in [-0.05, 0) is 26.0 Å². The third-order valence-corrected chi connectivity index (χ3v) is 3.77. The zero-order chi connectivity index (χ0) is 12.4. The molecule has 4 nitrogen and oxygen atoms in total. The predicted molar refractivity (Wildman–Crippen MR) is 68.4 cm³/mol. The Morgan fingerprint density at radius 1 is 1.47 bits per heavy atom. The zero-order valence-electron chi connectivity index (χ0n) is 9.67. The van der Waals surface area contributed by atoms with E-state index in [2.05, 4.69) is 10.1 Å². The van der Waals surface area contributed by atoms with E-state index >= 15 is 0 Å². The molecule has 0 aromatic carbocycles. The maximum Gasteiger partial charge on any atom is 0.138 e. The van der Waals surface area contributed by atoms with Crippen molar-refractivity contribution in [2.75, 3.05) is 0 Å². The molecule has 0 aliphatic rings. The second-order valence-electron chi connectivity index (χ2n) is 4.08. The van der Waals surface area contributed by atoms with Gasteiger partial charge in [0.1, 0.15) is 12.2 Å². The van der Waals surface area contributed by atoms with Crippen LogP contribution in [0.1, 0.15) is 36.7 Å². The van der Waals surface area contributed by atoms with Gasteiger partial charge in [0.2, 0.25) is 0 Å². The van der Waals surface area contributed by atoms with Crippen molar-refractivity contribution in [2.24, 2.45) is 0 Å². The first kappa shape index (κ1) is 12.5. The maximum atomic E-state index is 10.1. The third-order valence-electron chi connectivity index (χ3n) is 2.43. The molecule has 0 saturated carbocycles. The van der Waals surface area contributed by atoms with Gasteiger partial charge in [0.05, 0.1) is 10.4 Å². The highest BCUT2D eigenvalue weighted by atomic mass is 35.5. The fraction of sp³-hybridized carbons (Fsp3) is 0.455. The summed E-state index contributed by atoms with van der Waals surface area (Å²) in [5.41, 5.74) is 0. The molecule has 0 spiro atoms. The Kier molecular flexibility index (Phi) is 3.81. The van der Waals surface area contributed by atoms with Crippen LogP contribution in [0, 0.1) is 0 Å². The molecule has 1 N–H and O–H groups in total.